The van der Waals surface area contributed by atoms with Gasteiger partial charge in [-0.1, -0.05) is 0 Å². The van der Waals surface area contributed by atoms with Gasteiger partial charge in [0.1, 0.15) is 0 Å². The van der Waals surface area contributed by atoms with Crippen molar-refractivity contribution in [1.82, 2.24) is 15.3 Å². The maximum absolute atomic E-state index is 13.7. The molecule has 0 spiro atoms. The SMILES string of the molecule is CC1CN(c2ccc(C(F)(F)F)c3c2CN(c2cnc(N(C)C)nc2)CC3)CCN1. The fourth-order valence-corrected chi connectivity index (χ4v) is 4.30. The molecule has 0 amide bonds. The summed E-state index contributed by atoms with van der Waals surface area (Å²) in [6, 6.07) is 3.20. The van der Waals surface area contributed by atoms with E-state index in [1.807, 2.05) is 19.0 Å². The first-order valence-corrected chi connectivity index (χ1v) is 10.2. The van der Waals surface area contributed by atoms with Gasteiger partial charge in [0, 0.05) is 58.5 Å². The molecule has 1 unspecified atom stereocenters. The quantitative estimate of drug-likeness (QED) is 0.824. The summed E-state index contributed by atoms with van der Waals surface area (Å²) in [5.74, 6) is 0.603. The van der Waals surface area contributed by atoms with Crippen LogP contribution in [0.5, 0.6) is 0 Å². The lowest BCUT2D eigenvalue weighted by molar-refractivity contribution is -0.138. The Morgan fingerprint density at radius 3 is 2.43 bits per heavy atom. The van der Waals surface area contributed by atoms with Crippen LogP contribution in [0.1, 0.15) is 23.6 Å². The molecule has 0 aliphatic carbocycles. The molecule has 4 rings (SSSR count). The zero-order valence-electron chi connectivity index (χ0n) is 17.5. The lowest BCUT2D eigenvalue weighted by Crippen LogP contribution is -2.50. The molecule has 0 radical (unpaired) electrons. The van der Waals surface area contributed by atoms with E-state index in [0.29, 0.717) is 37.1 Å². The summed E-state index contributed by atoms with van der Waals surface area (Å²) in [4.78, 5) is 14.8. The first-order chi connectivity index (χ1) is 14.2. The predicted octanol–water partition coefficient (Wildman–Crippen LogP) is 2.92. The van der Waals surface area contributed by atoms with Crippen molar-refractivity contribution in [2.45, 2.75) is 32.1 Å². The van der Waals surface area contributed by atoms with Crippen LogP contribution in [0, 0.1) is 0 Å². The number of rotatable bonds is 3. The van der Waals surface area contributed by atoms with Gasteiger partial charge in [-0.05, 0) is 36.6 Å². The topological polar surface area (TPSA) is 47.5 Å². The molecule has 3 heterocycles. The minimum atomic E-state index is -4.35. The average Bonchev–Trinajstić information content (AvgIpc) is 2.72. The van der Waals surface area contributed by atoms with Crippen LogP contribution in [0.2, 0.25) is 0 Å². The van der Waals surface area contributed by atoms with E-state index in [-0.39, 0.29) is 0 Å². The van der Waals surface area contributed by atoms with Crippen molar-refractivity contribution in [2.24, 2.45) is 0 Å². The Bertz CT molecular complexity index is 897. The number of hydrogen-bond acceptors (Lipinski definition) is 6. The Kier molecular flexibility index (Phi) is 5.48. The zero-order valence-corrected chi connectivity index (χ0v) is 17.5. The second kappa shape index (κ2) is 7.94. The number of alkyl halides is 3. The monoisotopic (exact) mass is 420 g/mol. The van der Waals surface area contributed by atoms with Crippen molar-refractivity contribution in [2.75, 3.05) is 55.0 Å². The van der Waals surface area contributed by atoms with E-state index in [4.69, 9.17) is 0 Å². The molecule has 1 saturated heterocycles. The Morgan fingerprint density at radius 1 is 1.07 bits per heavy atom. The van der Waals surface area contributed by atoms with E-state index in [1.54, 1.807) is 18.5 Å². The summed E-state index contributed by atoms with van der Waals surface area (Å²) in [6.45, 7) is 5.39. The number of fused-ring (bicyclic) bond motifs is 1. The minimum Gasteiger partial charge on any atom is -0.368 e. The second-order valence-corrected chi connectivity index (χ2v) is 8.20. The van der Waals surface area contributed by atoms with E-state index in [2.05, 4.69) is 32.0 Å². The fraction of sp³-hybridized carbons (Fsp3) is 0.524. The normalized spacial score (nSPS) is 19.6. The molecule has 2 aliphatic heterocycles. The van der Waals surface area contributed by atoms with Gasteiger partial charge < -0.3 is 20.0 Å². The van der Waals surface area contributed by atoms with Crippen LogP contribution in [0.15, 0.2) is 24.5 Å². The second-order valence-electron chi connectivity index (χ2n) is 8.20. The highest BCUT2D eigenvalue weighted by atomic mass is 19.4. The Morgan fingerprint density at radius 2 is 1.80 bits per heavy atom. The summed E-state index contributed by atoms with van der Waals surface area (Å²) < 4.78 is 41.1. The molecule has 2 aliphatic rings. The summed E-state index contributed by atoms with van der Waals surface area (Å²) in [5, 5.41) is 3.39. The van der Waals surface area contributed by atoms with Crippen LogP contribution >= 0.6 is 0 Å². The molecular weight excluding hydrogens is 393 g/mol. The predicted molar refractivity (Wildman–Crippen MR) is 112 cm³/mol. The number of nitrogens with zero attached hydrogens (tertiary/aromatic N) is 5. The molecule has 1 N–H and O–H groups in total. The number of nitrogens with one attached hydrogen (secondary N) is 1. The highest BCUT2D eigenvalue weighted by molar-refractivity contribution is 5.63. The summed E-state index contributed by atoms with van der Waals surface area (Å²) in [6.07, 6.45) is -0.520. The first-order valence-electron chi connectivity index (χ1n) is 10.2. The van der Waals surface area contributed by atoms with Crippen LogP contribution in [-0.2, 0) is 19.1 Å². The molecule has 1 fully saturated rings. The van der Waals surface area contributed by atoms with Crippen LogP contribution in [0.3, 0.4) is 0 Å². The van der Waals surface area contributed by atoms with Crippen molar-refractivity contribution in [3.8, 4) is 0 Å². The van der Waals surface area contributed by atoms with E-state index < -0.39 is 11.7 Å². The molecule has 0 bridgehead atoms. The molecule has 6 nitrogen and oxygen atoms in total. The van der Waals surface area contributed by atoms with Gasteiger partial charge in [-0.25, -0.2) is 9.97 Å². The molecule has 162 valence electrons. The van der Waals surface area contributed by atoms with Crippen molar-refractivity contribution in [1.29, 1.82) is 0 Å². The molecule has 1 aromatic carbocycles. The number of benzene rings is 1. The van der Waals surface area contributed by atoms with Crippen molar-refractivity contribution >= 4 is 17.3 Å². The van der Waals surface area contributed by atoms with Crippen molar-refractivity contribution < 1.29 is 13.2 Å². The summed E-state index contributed by atoms with van der Waals surface area (Å²) in [7, 11) is 3.73. The zero-order chi connectivity index (χ0) is 21.5. The molecule has 1 atom stereocenters. The molecular formula is C21H27F3N6. The third-order valence-electron chi connectivity index (χ3n) is 5.79. The highest BCUT2D eigenvalue weighted by Crippen LogP contribution is 2.40. The van der Waals surface area contributed by atoms with Gasteiger partial charge in [0.2, 0.25) is 5.95 Å². The van der Waals surface area contributed by atoms with Crippen LogP contribution in [0.4, 0.5) is 30.5 Å². The van der Waals surface area contributed by atoms with E-state index in [0.717, 1.165) is 36.6 Å². The minimum absolute atomic E-state index is 0.295. The molecule has 2 aromatic rings. The maximum atomic E-state index is 13.7. The largest absolute Gasteiger partial charge is 0.416 e. The van der Waals surface area contributed by atoms with Gasteiger partial charge in [-0.3, -0.25) is 0 Å². The van der Waals surface area contributed by atoms with Crippen LogP contribution in [0.25, 0.3) is 0 Å². The first kappa shape index (κ1) is 20.7. The van der Waals surface area contributed by atoms with Gasteiger partial charge in [0.05, 0.1) is 23.6 Å². The Balaban J connectivity index is 1.71. The third-order valence-corrected chi connectivity index (χ3v) is 5.79. The number of halogens is 3. The van der Waals surface area contributed by atoms with Gasteiger partial charge in [-0.15, -0.1) is 0 Å². The van der Waals surface area contributed by atoms with Crippen LogP contribution < -0.4 is 20.0 Å². The molecule has 0 saturated carbocycles. The van der Waals surface area contributed by atoms with Gasteiger partial charge in [0.15, 0.2) is 0 Å². The Hall–Kier alpha value is -2.55. The summed E-state index contributed by atoms with van der Waals surface area (Å²) in [5.41, 5.74) is 2.41. The highest BCUT2D eigenvalue weighted by Gasteiger charge is 2.37. The van der Waals surface area contributed by atoms with Crippen molar-refractivity contribution in [3.63, 3.8) is 0 Å². The molecule has 1 aromatic heterocycles. The fourth-order valence-electron chi connectivity index (χ4n) is 4.30. The van der Waals surface area contributed by atoms with Crippen molar-refractivity contribution in [3.05, 3.63) is 41.2 Å². The lowest BCUT2D eigenvalue weighted by Gasteiger charge is -2.39. The number of aromatic nitrogens is 2. The summed E-state index contributed by atoms with van der Waals surface area (Å²) >= 11 is 0. The maximum Gasteiger partial charge on any atom is 0.416 e. The average molecular weight is 420 g/mol. The van der Waals surface area contributed by atoms with E-state index in [9.17, 15) is 13.2 Å². The number of anilines is 3. The number of hydrogen-bond donors (Lipinski definition) is 1. The van der Waals surface area contributed by atoms with Gasteiger partial charge >= 0.3 is 6.18 Å². The smallest absolute Gasteiger partial charge is 0.368 e. The number of piperazine rings is 1. The molecule has 9 heteroatoms. The van der Waals surface area contributed by atoms with Gasteiger partial charge in [0.25, 0.3) is 0 Å². The van der Waals surface area contributed by atoms with Crippen LogP contribution in [-0.4, -0.2) is 56.3 Å². The molecule has 30 heavy (non-hydrogen) atoms. The Labute approximate surface area is 174 Å². The lowest BCUT2D eigenvalue weighted by atomic mass is 9.91. The van der Waals surface area contributed by atoms with E-state index >= 15 is 0 Å². The van der Waals surface area contributed by atoms with E-state index in [1.165, 1.54) is 6.07 Å². The standard InChI is InChI=1S/C21H27F3N6/c1-14-12-30(9-7-25-14)19-5-4-18(21(22,23)24)16-6-8-29(13-17(16)19)15-10-26-20(27-11-15)28(2)3/h4-5,10-11,14,25H,6-9,12-13H2,1-3H3. The third kappa shape index (κ3) is 4.03. The van der Waals surface area contributed by atoms with Gasteiger partial charge in [-0.2, -0.15) is 13.2 Å².